The van der Waals surface area contributed by atoms with E-state index in [0.717, 1.165) is 18.5 Å². The van der Waals surface area contributed by atoms with Crippen molar-refractivity contribution in [2.45, 2.75) is 45.1 Å². The van der Waals surface area contributed by atoms with Gasteiger partial charge in [0.15, 0.2) is 0 Å². The SMILES string of the molecule is CCOC(=O)c1ccc(N)c(NC2(C)CCCC2)c1. The molecule has 1 saturated carbocycles. The van der Waals surface area contributed by atoms with E-state index in [9.17, 15) is 4.79 Å². The fourth-order valence-corrected chi connectivity index (χ4v) is 2.61. The number of rotatable bonds is 4. The van der Waals surface area contributed by atoms with Crippen molar-refractivity contribution >= 4 is 17.3 Å². The first kappa shape index (κ1) is 13.7. The van der Waals surface area contributed by atoms with E-state index >= 15 is 0 Å². The van der Waals surface area contributed by atoms with Crippen molar-refractivity contribution in [3.63, 3.8) is 0 Å². The Morgan fingerprint density at radius 2 is 2.11 bits per heavy atom. The molecule has 2 rings (SSSR count). The fourth-order valence-electron chi connectivity index (χ4n) is 2.61. The summed E-state index contributed by atoms with van der Waals surface area (Å²) in [5.41, 5.74) is 8.11. The molecule has 1 aromatic rings. The smallest absolute Gasteiger partial charge is 0.338 e. The van der Waals surface area contributed by atoms with E-state index in [1.807, 2.05) is 0 Å². The third-order valence-corrected chi connectivity index (χ3v) is 3.71. The second-order valence-corrected chi connectivity index (χ2v) is 5.42. The van der Waals surface area contributed by atoms with E-state index in [0.29, 0.717) is 17.9 Å². The maximum Gasteiger partial charge on any atom is 0.338 e. The van der Waals surface area contributed by atoms with Crippen molar-refractivity contribution in [3.05, 3.63) is 23.8 Å². The topological polar surface area (TPSA) is 64.3 Å². The Labute approximate surface area is 114 Å². The van der Waals surface area contributed by atoms with Crippen LogP contribution in [0.15, 0.2) is 18.2 Å². The first-order valence-electron chi connectivity index (χ1n) is 6.89. The van der Waals surface area contributed by atoms with Gasteiger partial charge in [-0.1, -0.05) is 12.8 Å². The lowest BCUT2D eigenvalue weighted by molar-refractivity contribution is 0.0526. The number of anilines is 2. The minimum atomic E-state index is -0.304. The molecule has 3 N–H and O–H groups in total. The predicted octanol–water partition coefficient (Wildman–Crippen LogP) is 3.19. The predicted molar refractivity (Wildman–Crippen MR) is 77.3 cm³/mol. The van der Waals surface area contributed by atoms with Crippen LogP contribution in [-0.2, 0) is 4.74 Å². The minimum Gasteiger partial charge on any atom is -0.462 e. The van der Waals surface area contributed by atoms with Crippen molar-refractivity contribution in [2.75, 3.05) is 17.7 Å². The number of benzene rings is 1. The highest BCUT2D eigenvalue weighted by molar-refractivity contribution is 5.92. The maximum absolute atomic E-state index is 11.7. The molecular formula is C15H22N2O2. The molecule has 1 fully saturated rings. The Morgan fingerprint density at radius 1 is 1.42 bits per heavy atom. The van der Waals surface area contributed by atoms with Gasteiger partial charge in [-0.3, -0.25) is 0 Å². The maximum atomic E-state index is 11.7. The van der Waals surface area contributed by atoms with Gasteiger partial charge in [-0.25, -0.2) is 4.79 Å². The van der Waals surface area contributed by atoms with Gasteiger partial charge in [0.2, 0.25) is 0 Å². The Kier molecular flexibility index (Phi) is 3.98. The second-order valence-electron chi connectivity index (χ2n) is 5.42. The van der Waals surface area contributed by atoms with E-state index in [1.165, 1.54) is 12.8 Å². The molecule has 0 bridgehead atoms. The molecule has 0 radical (unpaired) electrons. The van der Waals surface area contributed by atoms with Crippen molar-refractivity contribution in [1.29, 1.82) is 0 Å². The highest BCUT2D eigenvalue weighted by atomic mass is 16.5. The summed E-state index contributed by atoms with van der Waals surface area (Å²) in [6, 6.07) is 5.25. The number of nitrogen functional groups attached to an aromatic ring is 1. The third kappa shape index (κ3) is 3.19. The summed E-state index contributed by atoms with van der Waals surface area (Å²) in [5.74, 6) is -0.304. The first-order chi connectivity index (χ1) is 9.04. The molecule has 104 valence electrons. The number of hydrogen-bond acceptors (Lipinski definition) is 4. The van der Waals surface area contributed by atoms with E-state index in [2.05, 4.69) is 12.2 Å². The van der Waals surface area contributed by atoms with Crippen molar-refractivity contribution in [2.24, 2.45) is 0 Å². The highest BCUT2D eigenvalue weighted by Gasteiger charge is 2.28. The van der Waals surface area contributed by atoms with Crippen LogP contribution in [0.5, 0.6) is 0 Å². The van der Waals surface area contributed by atoms with Crippen molar-refractivity contribution in [3.8, 4) is 0 Å². The monoisotopic (exact) mass is 262 g/mol. The average Bonchev–Trinajstić information content (AvgIpc) is 2.79. The lowest BCUT2D eigenvalue weighted by atomic mass is 9.99. The minimum absolute atomic E-state index is 0.0847. The molecule has 0 aromatic heterocycles. The number of hydrogen-bond donors (Lipinski definition) is 2. The van der Waals surface area contributed by atoms with Gasteiger partial charge in [0.1, 0.15) is 0 Å². The number of nitrogens with one attached hydrogen (secondary N) is 1. The van der Waals surface area contributed by atoms with Crippen LogP contribution >= 0.6 is 0 Å². The number of carbonyl (C=O) groups is 1. The molecule has 0 unspecified atom stereocenters. The summed E-state index contributed by atoms with van der Waals surface area (Å²) in [6.45, 7) is 4.38. The summed E-state index contributed by atoms with van der Waals surface area (Å²) >= 11 is 0. The second kappa shape index (κ2) is 5.51. The van der Waals surface area contributed by atoms with Crippen LogP contribution in [0.4, 0.5) is 11.4 Å². The molecule has 19 heavy (non-hydrogen) atoms. The molecular weight excluding hydrogens is 240 g/mol. The highest BCUT2D eigenvalue weighted by Crippen LogP contribution is 2.34. The lowest BCUT2D eigenvalue weighted by Crippen LogP contribution is -2.31. The Hall–Kier alpha value is -1.71. The molecule has 0 heterocycles. The zero-order valence-corrected chi connectivity index (χ0v) is 11.7. The summed E-state index contributed by atoms with van der Waals surface area (Å²) in [6.07, 6.45) is 4.74. The van der Waals surface area contributed by atoms with E-state index in [1.54, 1.807) is 25.1 Å². The number of ether oxygens (including phenoxy) is 1. The molecule has 0 amide bonds. The van der Waals surface area contributed by atoms with Crippen LogP contribution in [0.3, 0.4) is 0 Å². The largest absolute Gasteiger partial charge is 0.462 e. The zero-order chi connectivity index (χ0) is 13.9. The average molecular weight is 262 g/mol. The fraction of sp³-hybridized carbons (Fsp3) is 0.533. The van der Waals surface area contributed by atoms with Crippen LogP contribution in [0.1, 0.15) is 49.9 Å². The molecule has 1 aliphatic rings. The third-order valence-electron chi connectivity index (χ3n) is 3.71. The molecule has 4 nitrogen and oxygen atoms in total. The van der Waals surface area contributed by atoms with Gasteiger partial charge in [-0.15, -0.1) is 0 Å². The van der Waals surface area contributed by atoms with Crippen LogP contribution in [-0.4, -0.2) is 18.1 Å². The van der Waals surface area contributed by atoms with Crippen molar-refractivity contribution in [1.82, 2.24) is 0 Å². The van der Waals surface area contributed by atoms with Crippen LogP contribution in [0, 0.1) is 0 Å². The van der Waals surface area contributed by atoms with Crippen molar-refractivity contribution < 1.29 is 9.53 Å². The molecule has 0 saturated heterocycles. The van der Waals surface area contributed by atoms with Crippen LogP contribution in [0.25, 0.3) is 0 Å². The summed E-state index contributed by atoms with van der Waals surface area (Å²) in [4.78, 5) is 11.7. The Bertz CT molecular complexity index is 465. The van der Waals surface area contributed by atoms with Gasteiger partial charge in [-0.2, -0.15) is 0 Å². The van der Waals surface area contributed by atoms with E-state index < -0.39 is 0 Å². The lowest BCUT2D eigenvalue weighted by Gasteiger charge is -2.27. The standard InChI is InChI=1S/C15H22N2O2/c1-3-19-14(18)11-6-7-12(16)13(10-11)17-15(2)8-4-5-9-15/h6-7,10,17H,3-5,8-9,16H2,1-2H3. The van der Waals surface area contributed by atoms with Crippen LogP contribution < -0.4 is 11.1 Å². The van der Waals surface area contributed by atoms with Gasteiger partial charge < -0.3 is 15.8 Å². The van der Waals surface area contributed by atoms with Crippen LogP contribution in [0.2, 0.25) is 0 Å². The van der Waals surface area contributed by atoms with Gasteiger partial charge in [0, 0.05) is 5.54 Å². The van der Waals surface area contributed by atoms with E-state index in [-0.39, 0.29) is 11.5 Å². The van der Waals surface area contributed by atoms with Gasteiger partial charge in [0.25, 0.3) is 0 Å². The summed E-state index contributed by atoms with van der Waals surface area (Å²) in [5, 5.41) is 3.49. The Balaban J connectivity index is 2.19. The van der Waals surface area contributed by atoms with Gasteiger partial charge in [0.05, 0.1) is 23.5 Å². The number of esters is 1. The molecule has 1 aliphatic carbocycles. The normalized spacial score (nSPS) is 17.2. The molecule has 4 heteroatoms. The number of nitrogens with two attached hydrogens (primary N) is 1. The van der Waals surface area contributed by atoms with Gasteiger partial charge >= 0.3 is 5.97 Å². The first-order valence-corrected chi connectivity index (χ1v) is 6.89. The van der Waals surface area contributed by atoms with E-state index in [4.69, 9.17) is 10.5 Å². The molecule has 0 atom stereocenters. The summed E-state index contributed by atoms with van der Waals surface area (Å²) < 4.78 is 5.01. The molecule has 0 aliphatic heterocycles. The van der Waals surface area contributed by atoms with Gasteiger partial charge in [-0.05, 0) is 44.9 Å². The molecule has 1 aromatic carbocycles. The quantitative estimate of drug-likeness (QED) is 0.646. The molecule has 0 spiro atoms. The number of carbonyl (C=O) groups excluding carboxylic acids is 1. The zero-order valence-electron chi connectivity index (χ0n) is 11.7. The summed E-state index contributed by atoms with van der Waals surface area (Å²) in [7, 11) is 0. The Morgan fingerprint density at radius 3 is 2.74 bits per heavy atom.